The molecule has 0 bridgehead atoms. The smallest absolute Gasteiger partial charge is 0.192 e. The van der Waals surface area contributed by atoms with Crippen LogP contribution in [0.4, 0.5) is 4.39 Å². The molecular weight excluding hydrogens is 391 g/mol. The molecule has 2 aliphatic rings. The van der Waals surface area contributed by atoms with Crippen molar-refractivity contribution in [3.8, 4) is 0 Å². The van der Waals surface area contributed by atoms with Gasteiger partial charge in [0, 0.05) is 0 Å². The van der Waals surface area contributed by atoms with Crippen molar-refractivity contribution in [3.05, 3.63) is 11.6 Å². The molecule has 4 heteroatoms. The summed E-state index contributed by atoms with van der Waals surface area (Å²) in [4.78, 5) is 0. The summed E-state index contributed by atoms with van der Waals surface area (Å²) in [5, 5.41) is 9.43. The molecule has 5 atom stereocenters. The minimum absolute atomic E-state index is 0.166. The summed E-state index contributed by atoms with van der Waals surface area (Å²) in [6.45, 7) is 15.6. The average molecular weight is 441 g/mol. The third-order valence-corrected chi connectivity index (χ3v) is 13.9. The van der Waals surface area contributed by atoms with E-state index in [4.69, 9.17) is 4.43 Å². The van der Waals surface area contributed by atoms with E-state index in [9.17, 15) is 5.11 Å². The van der Waals surface area contributed by atoms with Gasteiger partial charge >= 0.3 is 0 Å². The van der Waals surface area contributed by atoms with Crippen molar-refractivity contribution in [1.82, 2.24) is 0 Å². The lowest BCUT2D eigenvalue weighted by Crippen LogP contribution is -2.49. The molecule has 2 fully saturated rings. The van der Waals surface area contributed by atoms with Crippen LogP contribution in [0.1, 0.15) is 93.4 Å². The van der Waals surface area contributed by atoms with Crippen molar-refractivity contribution in [2.24, 2.45) is 23.2 Å². The van der Waals surface area contributed by atoms with Gasteiger partial charge in [0.05, 0.1) is 12.2 Å². The third-order valence-electron chi connectivity index (χ3n) is 9.12. The summed E-state index contributed by atoms with van der Waals surface area (Å²) in [6.07, 6.45) is 8.86. The molecule has 1 N–H and O–H groups in total. The lowest BCUT2D eigenvalue weighted by atomic mass is 9.60. The molecule has 0 heterocycles. The normalized spacial score (nSPS) is 31.0. The predicted molar refractivity (Wildman–Crippen MR) is 129 cm³/mol. The van der Waals surface area contributed by atoms with Crippen molar-refractivity contribution in [3.63, 3.8) is 0 Å². The number of alkyl halides is 1. The summed E-state index contributed by atoms with van der Waals surface area (Å²) in [7, 11) is -1.81. The van der Waals surface area contributed by atoms with Gasteiger partial charge in [-0.15, -0.1) is 0 Å². The molecule has 0 aromatic rings. The second-order valence-electron chi connectivity index (χ2n) is 11.0. The number of aliphatic hydroxyl groups is 1. The highest BCUT2D eigenvalue weighted by Crippen LogP contribution is 2.59. The maximum absolute atomic E-state index is 15.4. The number of fused-ring (bicyclic) bond motifs is 1. The van der Waals surface area contributed by atoms with Gasteiger partial charge in [-0.2, -0.15) is 0 Å². The standard InChI is InChI=1S/C26H49FO2Si/c1-8-30(9-2,10-3)29-25(5,6)24(27)16-13-20(4)22-14-15-23-21(17-19-28)12-11-18-26(22,23)7/h17,20,22-24,28H,8-16,18-19H2,1-7H3/t20-,22-,23+,24-,26-/m1/s1. The number of halogens is 1. The van der Waals surface area contributed by atoms with Crippen molar-refractivity contribution in [1.29, 1.82) is 0 Å². The Hall–Kier alpha value is -0.193. The van der Waals surface area contributed by atoms with Crippen LogP contribution in [0.15, 0.2) is 11.6 Å². The molecule has 0 spiro atoms. The molecule has 0 saturated heterocycles. The first kappa shape index (κ1) is 26.1. The second kappa shape index (κ2) is 10.6. The molecule has 2 rings (SSSR count). The van der Waals surface area contributed by atoms with Crippen molar-refractivity contribution in [2.75, 3.05) is 6.61 Å². The fourth-order valence-electron chi connectivity index (χ4n) is 6.92. The van der Waals surface area contributed by atoms with Gasteiger partial charge in [0.2, 0.25) is 0 Å². The molecule has 2 aliphatic carbocycles. The minimum Gasteiger partial charge on any atom is -0.409 e. The van der Waals surface area contributed by atoms with Gasteiger partial charge in [0.1, 0.15) is 6.17 Å². The Morgan fingerprint density at radius 3 is 2.40 bits per heavy atom. The Labute approximate surface area is 187 Å². The van der Waals surface area contributed by atoms with Crippen molar-refractivity contribution in [2.45, 2.75) is 123 Å². The highest BCUT2D eigenvalue weighted by molar-refractivity contribution is 6.73. The summed E-state index contributed by atoms with van der Waals surface area (Å²) in [5.41, 5.74) is 1.13. The van der Waals surface area contributed by atoms with Crippen molar-refractivity contribution < 1.29 is 13.9 Å². The Morgan fingerprint density at radius 2 is 1.83 bits per heavy atom. The molecule has 0 aliphatic heterocycles. The van der Waals surface area contributed by atoms with E-state index in [2.05, 4.69) is 40.7 Å². The fraction of sp³-hybridized carbons (Fsp3) is 0.923. The van der Waals surface area contributed by atoms with Crippen LogP contribution < -0.4 is 0 Å². The fourth-order valence-corrected chi connectivity index (χ4v) is 10.1. The number of aliphatic hydroxyl groups excluding tert-OH is 1. The monoisotopic (exact) mass is 440 g/mol. The summed E-state index contributed by atoms with van der Waals surface area (Å²) < 4.78 is 22.0. The third kappa shape index (κ3) is 5.40. The van der Waals surface area contributed by atoms with E-state index in [0.29, 0.717) is 29.6 Å². The first-order valence-corrected chi connectivity index (χ1v) is 15.3. The molecular formula is C26H49FO2Si. The predicted octanol–water partition coefficient (Wildman–Crippen LogP) is 7.68. The SMILES string of the molecule is CC[Si](CC)(CC)OC(C)(C)[C@H](F)CC[C@@H](C)[C@H]1CC[C@H]2C(=CCO)CCC[C@]12C. The summed E-state index contributed by atoms with van der Waals surface area (Å²) in [6, 6.07) is 3.20. The molecule has 0 radical (unpaired) electrons. The molecule has 2 saturated carbocycles. The van der Waals surface area contributed by atoms with Gasteiger partial charge in [-0.1, -0.05) is 46.3 Å². The zero-order chi connectivity index (χ0) is 22.6. The van der Waals surface area contributed by atoms with Crippen LogP contribution in [-0.2, 0) is 4.43 Å². The van der Waals surface area contributed by atoms with E-state index in [1.165, 1.54) is 31.3 Å². The van der Waals surface area contributed by atoms with E-state index in [-0.39, 0.29) is 6.61 Å². The molecule has 0 aromatic heterocycles. The number of hydrogen-bond acceptors (Lipinski definition) is 2. The number of rotatable bonds is 11. The minimum atomic E-state index is -1.81. The van der Waals surface area contributed by atoms with Gasteiger partial charge in [-0.3, -0.25) is 0 Å². The van der Waals surface area contributed by atoms with Gasteiger partial charge in [-0.25, -0.2) is 4.39 Å². The molecule has 0 unspecified atom stereocenters. The lowest BCUT2D eigenvalue weighted by Gasteiger charge is -2.45. The molecule has 2 nitrogen and oxygen atoms in total. The Balaban J connectivity index is 1.99. The lowest BCUT2D eigenvalue weighted by molar-refractivity contribution is 0.000354. The Bertz CT molecular complexity index is 563. The van der Waals surface area contributed by atoms with E-state index in [1.807, 2.05) is 13.8 Å². The average Bonchev–Trinajstić information content (AvgIpc) is 3.08. The van der Waals surface area contributed by atoms with Gasteiger partial charge < -0.3 is 9.53 Å². The quantitative estimate of drug-likeness (QED) is 0.264. The summed E-state index contributed by atoms with van der Waals surface area (Å²) >= 11 is 0. The van der Waals surface area contributed by atoms with Crippen LogP contribution in [0.25, 0.3) is 0 Å². The Kier molecular flexibility index (Phi) is 9.22. The molecule has 176 valence electrons. The molecule has 0 amide bonds. The van der Waals surface area contributed by atoms with Crippen LogP contribution in [0.2, 0.25) is 18.1 Å². The highest BCUT2D eigenvalue weighted by Gasteiger charge is 2.50. The first-order valence-electron chi connectivity index (χ1n) is 12.7. The van der Waals surface area contributed by atoms with E-state index >= 15 is 4.39 Å². The number of hydrogen-bond donors (Lipinski definition) is 1. The van der Waals surface area contributed by atoms with Crippen LogP contribution in [-0.4, -0.2) is 31.8 Å². The van der Waals surface area contributed by atoms with Crippen molar-refractivity contribution >= 4 is 8.32 Å². The zero-order valence-electron chi connectivity index (χ0n) is 20.9. The summed E-state index contributed by atoms with van der Waals surface area (Å²) in [5.74, 6) is 1.82. The highest BCUT2D eigenvalue weighted by atomic mass is 28.4. The number of allylic oxidation sites excluding steroid dienone is 1. The van der Waals surface area contributed by atoms with Gasteiger partial charge in [0.15, 0.2) is 8.32 Å². The zero-order valence-corrected chi connectivity index (χ0v) is 21.9. The van der Waals surface area contributed by atoms with Crippen LogP contribution in [0.3, 0.4) is 0 Å². The largest absolute Gasteiger partial charge is 0.409 e. The van der Waals surface area contributed by atoms with E-state index < -0.39 is 20.1 Å². The second-order valence-corrected chi connectivity index (χ2v) is 15.7. The maximum Gasteiger partial charge on any atom is 0.192 e. The van der Waals surface area contributed by atoms with E-state index in [1.54, 1.807) is 0 Å². The molecule has 0 aromatic carbocycles. The van der Waals surface area contributed by atoms with Crippen LogP contribution in [0, 0.1) is 23.2 Å². The van der Waals surface area contributed by atoms with Gasteiger partial charge in [0.25, 0.3) is 0 Å². The first-order chi connectivity index (χ1) is 14.1. The van der Waals surface area contributed by atoms with Crippen LogP contribution >= 0.6 is 0 Å². The van der Waals surface area contributed by atoms with E-state index in [0.717, 1.165) is 31.0 Å². The van der Waals surface area contributed by atoms with Gasteiger partial charge in [-0.05, 0) is 100 Å². The maximum atomic E-state index is 15.4. The topological polar surface area (TPSA) is 29.5 Å². The van der Waals surface area contributed by atoms with Crippen LogP contribution in [0.5, 0.6) is 0 Å². The molecule has 30 heavy (non-hydrogen) atoms. The Morgan fingerprint density at radius 1 is 1.20 bits per heavy atom.